The Hall–Kier alpha value is -3.55. The lowest BCUT2D eigenvalue weighted by molar-refractivity contribution is 0.0681. The lowest BCUT2D eigenvalue weighted by atomic mass is 9.93. The van der Waals surface area contributed by atoms with E-state index in [4.69, 9.17) is 16.7 Å². The Morgan fingerprint density at radius 1 is 0.972 bits per heavy atom. The van der Waals surface area contributed by atoms with Crippen LogP contribution in [0.5, 0.6) is 0 Å². The highest BCUT2D eigenvalue weighted by Crippen LogP contribution is 2.33. The summed E-state index contributed by atoms with van der Waals surface area (Å²) in [4.78, 5) is 17.8. The van der Waals surface area contributed by atoms with Gasteiger partial charge < -0.3 is 5.11 Å². The van der Waals surface area contributed by atoms with Crippen LogP contribution < -0.4 is 5.56 Å². The molecule has 8 heteroatoms. The predicted octanol–water partition coefficient (Wildman–Crippen LogP) is 5.25. The number of aromatic nitrogens is 5. The number of aryl methyl sites for hydroxylation is 1. The minimum absolute atomic E-state index is 0.270. The minimum atomic E-state index is -0.579. The summed E-state index contributed by atoms with van der Waals surface area (Å²) in [5.74, 6) is 0. The Labute approximate surface area is 213 Å². The van der Waals surface area contributed by atoms with Crippen molar-refractivity contribution in [1.29, 1.82) is 0 Å². The summed E-state index contributed by atoms with van der Waals surface area (Å²) in [6, 6.07) is 17.6. The van der Waals surface area contributed by atoms with E-state index >= 15 is 0 Å². The number of aliphatic hydroxyl groups excluding tert-OH is 1. The zero-order chi connectivity index (χ0) is 24.8. The molecule has 6 rings (SSSR count). The number of rotatable bonds is 4. The molecule has 182 valence electrons. The fourth-order valence-corrected chi connectivity index (χ4v) is 5.42. The second-order valence-electron chi connectivity index (χ2n) is 9.54. The van der Waals surface area contributed by atoms with E-state index in [0.29, 0.717) is 29.4 Å². The van der Waals surface area contributed by atoms with Crippen molar-refractivity contribution in [1.82, 2.24) is 24.5 Å². The van der Waals surface area contributed by atoms with Gasteiger partial charge in [-0.2, -0.15) is 10.2 Å². The molecule has 1 N–H and O–H groups in total. The molecule has 0 saturated heterocycles. The van der Waals surface area contributed by atoms with Crippen molar-refractivity contribution in [3.63, 3.8) is 0 Å². The molecular formula is C28H26ClN5O2. The van der Waals surface area contributed by atoms with Crippen LogP contribution in [0.1, 0.15) is 43.0 Å². The van der Waals surface area contributed by atoms with E-state index in [1.807, 2.05) is 37.4 Å². The van der Waals surface area contributed by atoms with Gasteiger partial charge in [0.1, 0.15) is 5.69 Å². The standard InChI is InChI=1S/C28H26ClN5O2/c1-17-9-12-20(15-30-17)19-13-10-18(11-14-19)16-33-27-21(5-4-6-22(27)29)25-26(31-33)28(36)34(32-25)23-7-2-3-8-24(23)35/h4-6,9-15,23-24,35H,2-3,7-8,16H2,1H3/t23?,24-/m0/s1. The number of halogens is 1. The third kappa shape index (κ3) is 3.98. The number of fused-ring (bicyclic) bond motifs is 3. The number of hydrogen-bond acceptors (Lipinski definition) is 5. The highest BCUT2D eigenvalue weighted by Gasteiger charge is 2.31. The van der Waals surface area contributed by atoms with Crippen LogP contribution in [0.25, 0.3) is 33.4 Å². The highest BCUT2D eigenvalue weighted by atomic mass is 35.5. The molecule has 1 aliphatic carbocycles. The molecule has 1 saturated carbocycles. The molecular weight excluding hydrogens is 474 g/mol. The van der Waals surface area contributed by atoms with Gasteiger partial charge in [0.05, 0.1) is 29.2 Å². The lowest BCUT2D eigenvalue weighted by Gasteiger charge is -2.26. The monoisotopic (exact) mass is 499 g/mol. The normalized spacial score (nSPS) is 18.2. The Kier molecular flexibility index (Phi) is 5.82. The first kappa shape index (κ1) is 22.9. The molecule has 2 aromatic carbocycles. The van der Waals surface area contributed by atoms with Crippen LogP contribution in [0.3, 0.4) is 0 Å². The van der Waals surface area contributed by atoms with Gasteiger partial charge in [-0.15, -0.1) is 0 Å². The summed E-state index contributed by atoms with van der Waals surface area (Å²) < 4.78 is 3.23. The van der Waals surface area contributed by atoms with Gasteiger partial charge in [0.25, 0.3) is 5.56 Å². The number of pyridine rings is 1. The van der Waals surface area contributed by atoms with Crippen molar-refractivity contribution in [3.05, 3.63) is 87.4 Å². The zero-order valence-corrected chi connectivity index (χ0v) is 20.7. The molecule has 3 aromatic rings. The molecule has 2 atom stereocenters. The summed E-state index contributed by atoms with van der Waals surface area (Å²) in [5.41, 5.74) is 5.42. The minimum Gasteiger partial charge on any atom is -0.391 e. The van der Waals surface area contributed by atoms with Crippen molar-refractivity contribution < 1.29 is 5.11 Å². The van der Waals surface area contributed by atoms with Gasteiger partial charge in [-0.1, -0.05) is 66.9 Å². The Morgan fingerprint density at radius 3 is 2.50 bits per heavy atom. The van der Waals surface area contributed by atoms with E-state index in [9.17, 15) is 9.90 Å². The number of hydrogen-bond donors (Lipinski definition) is 1. The maximum atomic E-state index is 13.4. The first-order valence-corrected chi connectivity index (χ1v) is 12.6. The second kappa shape index (κ2) is 9.15. The van der Waals surface area contributed by atoms with Crippen LogP contribution >= 0.6 is 11.6 Å². The van der Waals surface area contributed by atoms with Crippen molar-refractivity contribution in [3.8, 4) is 22.5 Å². The maximum absolute atomic E-state index is 13.4. The van der Waals surface area contributed by atoms with Crippen LogP contribution in [0, 0.1) is 6.92 Å². The number of benzene rings is 2. The van der Waals surface area contributed by atoms with Gasteiger partial charge in [0.2, 0.25) is 0 Å². The summed E-state index contributed by atoms with van der Waals surface area (Å²) >= 11 is 6.64. The van der Waals surface area contributed by atoms with Crippen molar-refractivity contribution in [2.75, 3.05) is 0 Å². The number of nitrogens with zero attached hydrogens (tertiary/aromatic N) is 5. The third-order valence-corrected chi connectivity index (χ3v) is 7.41. The van der Waals surface area contributed by atoms with Gasteiger partial charge >= 0.3 is 0 Å². The first-order valence-electron chi connectivity index (χ1n) is 12.3. The van der Waals surface area contributed by atoms with E-state index in [2.05, 4.69) is 40.4 Å². The number of para-hydroxylation sites is 1. The fraction of sp³-hybridized carbons (Fsp3) is 0.286. The second-order valence-corrected chi connectivity index (χ2v) is 9.95. The zero-order valence-electron chi connectivity index (χ0n) is 19.9. The van der Waals surface area contributed by atoms with E-state index < -0.39 is 6.10 Å². The maximum Gasteiger partial charge on any atom is 0.297 e. The fourth-order valence-electron chi connectivity index (χ4n) is 5.15. The van der Waals surface area contributed by atoms with Crippen LogP contribution in [0.4, 0.5) is 0 Å². The molecule has 0 bridgehead atoms. The molecule has 7 nitrogen and oxygen atoms in total. The van der Waals surface area contributed by atoms with Crippen LogP contribution in [0.2, 0.25) is 5.02 Å². The van der Waals surface area contributed by atoms with Crippen molar-refractivity contribution in [2.24, 2.45) is 0 Å². The van der Waals surface area contributed by atoms with Crippen LogP contribution in [-0.2, 0) is 6.54 Å². The van der Waals surface area contributed by atoms with E-state index in [0.717, 1.165) is 52.5 Å². The summed E-state index contributed by atoms with van der Waals surface area (Å²) in [6.07, 6.45) is 4.62. The van der Waals surface area contributed by atoms with E-state index in [-0.39, 0.29) is 11.6 Å². The van der Waals surface area contributed by atoms with Gasteiger partial charge in [0, 0.05) is 22.8 Å². The average Bonchev–Trinajstić information content (AvgIpc) is 3.21. The Morgan fingerprint density at radius 2 is 1.75 bits per heavy atom. The summed E-state index contributed by atoms with van der Waals surface area (Å²) in [6.45, 7) is 2.41. The molecule has 2 aliphatic heterocycles. The summed E-state index contributed by atoms with van der Waals surface area (Å²) in [5, 5.41) is 21.3. The molecule has 1 unspecified atom stereocenters. The van der Waals surface area contributed by atoms with Crippen molar-refractivity contribution in [2.45, 2.75) is 51.3 Å². The SMILES string of the molecule is Cc1ccc(-c2ccc(Cn3nc4c(=O)n(C5CCCC[C@@H]5O)nc-4c4cccc(Cl)c43)cc2)cn1. The van der Waals surface area contributed by atoms with Crippen molar-refractivity contribution >= 4 is 22.5 Å². The molecule has 0 amide bonds. The van der Waals surface area contributed by atoms with Gasteiger partial charge in [-0.05, 0) is 43.0 Å². The molecule has 0 spiro atoms. The Bertz CT molecular complexity index is 1570. The molecule has 1 aromatic heterocycles. The molecule has 1 fully saturated rings. The number of aliphatic hydroxyl groups is 1. The largest absolute Gasteiger partial charge is 0.391 e. The van der Waals surface area contributed by atoms with E-state index in [1.165, 1.54) is 4.68 Å². The molecule has 3 aliphatic rings. The lowest BCUT2D eigenvalue weighted by Crippen LogP contribution is -2.33. The van der Waals surface area contributed by atoms with Crippen LogP contribution in [-0.4, -0.2) is 35.8 Å². The van der Waals surface area contributed by atoms with Gasteiger partial charge in [-0.3, -0.25) is 14.5 Å². The quantitative estimate of drug-likeness (QED) is 0.365. The van der Waals surface area contributed by atoms with Crippen LogP contribution in [0.15, 0.2) is 65.6 Å². The average molecular weight is 500 g/mol. The Balaban J connectivity index is 1.43. The van der Waals surface area contributed by atoms with Gasteiger partial charge in [-0.25, -0.2) is 4.68 Å². The third-order valence-electron chi connectivity index (χ3n) is 7.10. The molecule has 0 radical (unpaired) electrons. The molecule has 36 heavy (non-hydrogen) atoms. The van der Waals surface area contributed by atoms with E-state index in [1.54, 1.807) is 4.68 Å². The smallest absolute Gasteiger partial charge is 0.297 e. The molecule has 3 heterocycles. The van der Waals surface area contributed by atoms with Gasteiger partial charge in [0.15, 0.2) is 5.69 Å². The topological polar surface area (TPSA) is 85.8 Å². The summed E-state index contributed by atoms with van der Waals surface area (Å²) in [7, 11) is 0. The highest BCUT2D eigenvalue weighted by molar-refractivity contribution is 6.35. The first-order chi connectivity index (χ1) is 17.5. The predicted molar refractivity (Wildman–Crippen MR) is 140 cm³/mol.